The van der Waals surface area contributed by atoms with Gasteiger partial charge in [0, 0.05) is 0 Å². The molecular weight excluding hydrogens is 148 g/mol. The van der Waals surface area contributed by atoms with Gasteiger partial charge in [-0.25, -0.2) is 4.98 Å². The molecule has 50 valence electrons. The number of rotatable bonds is 0. The third-order valence-corrected chi connectivity index (χ3v) is 1.25. The zero-order valence-corrected chi connectivity index (χ0v) is 6.18. The average molecular weight is 153 g/mol. The van der Waals surface area contributed by atoms with Crippen LogP contribution in [0.3, 0.4) is 0 Å². The van der Waals surface area contributed by atoms with Crippen LogP contribution in [0, 0.1) is 18.3 Å². The monoisotopic (exact) mass is 152 g/mol. The molecule has 2 nitrogen and oxygen atoms in total. The van der Waals surface area contributed by atoms with Gasteiger partial charge in [0.25, 0.3) is 0 Å². The molecule has 0 aromatic carbocycles. The summed E-state index contributed by atoms with van der Waals surface area (Å²) in [5, 5.41) is 8.79. The first-order valence-electron chi connectivity index (χ1n) is 2.76. The zero-order valence-electron chi connectivity index (χ0n) is 5.43. The molecule has 0 bridgehead atoms. The molecule has 0 amide bonds. The maximum atomic E-state index is 8.42. The summed E-state index contributed by atoms with van der Waals surface area (Å²) in [7, 11) is 0. The van der Waals surface area contributed by atoms with E-state index >= 15 is 0 Å². The van der Waals surface area contributed by atoms with E-state index in [0.29, 0.717) is 10.8 Å². The molecule has 0 saturated carbocycles. The lowest BCUT2D eigenvalue weighted by molar-refractivity contribution is 1.23. The van der Waals surface area contributed by atoms with Crippen LogP contribution in [0.5, 0.6) is 0 Å². The number of aryl methyl sites for hydroxylation is 1. The van der Waals surface area contributed by atoms with E-state index in [1.807, 2.05) is 13.0 Å². The van der Waals surface area contributed by atoms with Crippen molar-refractivity contribution in [3.63, 3.8) is 0 Å². The van der Waals surface area contributed by atoms with Crippen molar-refractivity contribution in [1.82, 2.24) is 4.98 Å². The van der Waals surface area contributed by atoms with Gasteiger partial charge in [-0.3, -0.25) is 0 Å². The van der Waals surface area contributed by atoms with Crippen LogP contribution in [0.15, 0.2) is 12.1 Å². The number of halogens is 1. The van der Waals surface area contributed by atoms with Crippen molar-refractivity contribution >= 4 is 11.6 Å². The van der Waals surface area contributed by atoms with Gasteiger partial charge in [-0.05, 0) is 24.6 Å². The summed E-state index contributed by atoms with van der Waals surface area (Å²) in [5.41, 5.74) is 1.32. The van der Waals surface area contributed by atoms with Crippen LogP contribution >= 0.6 is 11.6 Å². The molecule has 0 aliphatic heterocycles. The first kappa shape index (κ1) is 7.04. The third-order valence-electron chi connectivity index (χ3n) is 1.05. The summed E-state index contributed by atoms with van der Waals surface area (Å²) >= 11 is 5.57. The van der Waals surface area contributed by atoms with E-state index in [1.54, 1.807) is 12.1 Å². The van der Waals surface area contributed by atoms with Gasteiger partial charge >= 0.3 is 0 Å². The van der Waals surface area contributed by atoms with Crippen LogP contribution in [0.2, 0.25) is 5.15 Å². The van der Waals surface area contributed by atoms with Gasteiger partial charge < -0.3 is 0 Å². The van der Waals surface area contributed by atoms with Crippen molar-refractivity contribution in [1.29, 1.82) is 5.26 Å². The molecule has 0 aliphatic rings. The molecule has 1 aromatic heterocycles. The second kappa shape index (κ2) is 2.68. The molecule has 1 rings (SSSR count). The lowest BCUT2D eigenvalue weighted by Crippen LogP contribution is -1.83. The predicted molar refractivity (Wildman–Crippen MR) is 38.7 cm³/mol. The Balaban J connectivity index is 3.22. The van der Waals surface area contributed by atoms with Crippen molar-refractivity contribution in [3.05, 3.63) is 28.5 Å². The van der Waals surface area contributed by atoms with Gasteiger partial charge in [0.15, 0.2) is 0 Å². The third kappa shape index (κ3) is 1.46. The Kier molecular flexibility index (Phi) is 1.88. The Morgan fingerprint density at radius 1 is 1.60 bits per heavy atom. The molecule has 0 atom stereocenters. The predicted octanol–water partition coefficient (Wildman–Crippen LogP) is 1.92. The SMILES string of the molecule is Cc1cc(Cl)nc(C#N)c1. The minimum atomic E-state index is 0.366. The summed E-state index contributed by atoms with van der Waals surface area (Å²) < 4.78 is 0. The van der Waals surface area contributed by atoms with Crippen LogP contribution < -0.4 is 0 Å². The fraction of sp³-hybridized carbons (Fsp3) is 0.143. The average Bonchev–Trinajstić information content (AvgIpc) is 1.85. The van der Waals surface area contributed by atoms with Crippen LogP contribution in [0.4, 0.5) is 0 Å². The maximum Gasteiger partial charge on any atom is 0.142 e. The second-order valence-corrected chi connectivity index (χ2v) is 2.35. The summed E-state index contributed by atoms with van der Waals surface area (Å²) in [6.07, 6.45) is 0. The Morgan fingerprint density at radius 3 is 2.80 bits per heavy atom. The smallest absolute Gasteiger partial charge is 0.142 e. The highest BCUT2D eigenvalue weighted by Gasteiger charge is 1.94. The quantitative estimate of drug-likeness (QED) is 0.533. The van der Waals surface area contributed by atoms with E-state index in [4.69, 9.17) is 16.9 Å². The van der Waals surface area contributed by atoms with E-state index in [0.717, 1.165) is 5.56 Å². The fourth-order valence-corrected chi connectivity index (χ4v) is 0.945. The Morgan fingerprint density at radius 2 is 2.30 bits per heavy atom. The van der Waals surface area contributed by atoms with Gasteiger partial charge in [-0.2, -0.15) is 5.26 Å². The van der Waals surface area contributed by atoms with Gasteiger partial charge in [0.1, 0.15) is 16.9 Å². The standard InChI is InChI=1S/C7H5ClN2/c1-5-2-6(4-9)10-7(8)3-5/h2-3H,1H3. The van der Waals surface area contributed by atoms with Gasteiger partial charge in [-0.15, -0.1) is 0 Å². The largest absolute Gasteiger partial charge is 0.225 e. The summed E-state index contributed by atoms with van der Waals surface area (Å²) in [5.74, 6) is 0. The van der Waals surface area contributed by atoms with Crippen LogP contribution in [-0.2, 0) is 0 Å². The first-order chi connectivity index (χ1) is 4.72. The van der Waals surface area contributed by atoms with E-state index in [1.165, 1.54) is 0 Å². The molecular formula is C7H5ClN2. The van der Waals surface area contributed by atoms with E-state index in [9.17, 15) is 0 Å². The topological polar surface area (TPSA) is 36.7 Å². The fourth-order valence-electron chi connectivity index (χ4n) is 0.682. The minimum absolute atomic E-state index is 0.366. The summed E-state index contributed by atoms with van der Waals surface area (Å²) in [6.45, 7) is 1.87. The normalized spacial score (nSPS) is 8.90. The molecule has 0 spiro atoms. The van der Waals surface area contributed by atoms with Gasteiger partial charge in [0.05, 0.1) is 0 Å². The molecule has 0 fully saturated rings. The zero-order chi connectivity index (χ0) is 7.56. The van der Waals surface area contributed by atoms with E-state index < -0.39 is 0 Å². The molecule has 1 heterocycles. The molecule has 10 heavy (non-hydrogen) atoms. The van der Waals surface area contributed by atoms with Gasteiger partial charge in [0.2, 0.25) is 0 Å². The molecule has 1 aromatic rings. The molecule has 0 saturated heterocycles. The highest BCUT2D eigenvalue weighted by molar-refractivity contribution is 6.29. The molecule has 0 unspecified atom stereocenters. The van der Waals surface area contributed by atoms with Crippen molar-refractivity contribution in [2.45, 2.75) is 6.92 Å². The van der Waals surface area contributed by atoms with Crippen molar-refractivity contribution in [2.75, 3.05) is 0 Å². The Bertz CT molecular complexity index is 268. The number of nitriles is 1. The summed E-state index contributed by atoms with van der Waals surface area (Å²) in [4.78, 5) is 3.76. The van der Waals surface area contributed by atoms with Gasteiger partial charge in [-0.1, -0.05) is 11.6 Å². The number of hydrogen-bond donors (Lipinski definition) is 0. The van der Waals surface area contributed by atoms with Crippen LogP contribution in [-0.4, -0.2) is 4.98 Å². The number of nitrogens with zero attached hydrogens (tertiary/aromatic N) is 2. The number of pyridine rings is 1. The van der Waals surface area contributed by atoms with Crippen LogP contribution in [0.1, 0.15) is 11.3 Å². The molecule has 3 heteroatoms. The molecule has 0 radical (unpaired) electrons. The maximum absolute atomic E-state index is 8.42. The highest BCUT2D eigenvalue weighted by atomic mass is 35.5. The minimum Gasteiger partial charge on any atom is -0.225 e. The second-order valence-electron chi connectivity index (χ2n) is 1.96. The van der Waals surface area contributed by atoms with E-state index in [-0.39, 0.29) is 0 Å². The van der Waals surface area contributed by atoms with Crippen LogP contribution in [0.25, 0.3) is 0 Å². The highest BCUT2D eigenvalue weighted by Crippen LogP contribution is 2.08. The number of aromatic nitrogens is 1. The molecule has 0 aliphatic carbocycles. The lowest BCUT2D eigenvalue weighted by Gasteiger charge is -1.92. The lowest BCUT2D eigenvalue weighted by atomic mass is 10.2. The number of hydrogen-bond acceptors (Lipinski definition) is 2. The van der Waals surface area contributed by atoms with Crippen molar-refractivity contribution < 1.29 is 0 Å². The van der Waals surface area contributed by atoms with Crippen molar-refractivity contribution in [2.24, 2.45) is 0 Å². The summed E-state index contributed by atoms with van der Waals surface area (Å²) in [6, 6.07) is 5.31. The van der Waals surface area contributed by atoms with Crippen molar-refractivity contribution in [3.8, 4) is 6.07 Å². The first-order valence-corrected chi connectivity index (χ1v) is 3.14. The Labute approximate surface area is 64.1 Å². The molecule has 0 N–H and O–H groups in total. The van der Waals surface area contributed by atoms with E-state index in [2.05, 4.69) is 4.98 Å². The Hall–Kier alpha value is -1.07.